The summed E-state index contributed by atoms with van der Waals surface area (Å²) in [6.07, 6.45) is 1.79. The quantitative estimate of drug-likeness (QED) is 0.834. The van der Waals surface area contributed by atoms with Crippen LogP contribution >= 0.6 is 11.6 Å². The molecular weight excluding hydrogens is 348 g/mol. The highest BCUT2D eigenvalue weighted by molar-refractivity contribution is 6.30. The molecular formula is C19H18ClF2NO2. The van der Waals surface area contributed by atoms with Gasteiger partial charge in [0.2, 0.25) is 0 Å². The van der Waals surface area contributed by atoms with E-state index in [0.717, 1.165) is 31.5 Å². The fourth-order valence-electron chi connectivity index (χ4n) is 3.60. The largest absolute Gasteiger partial charge is 0.444 e. The second-order valence-electron chi connectivity index (χ2n) is 6.62. The summed E-state index contributed by atoms with van der Waals surface area (Å²) < 4.78 is 40.4. The van der Waals surface area contributed by atoms with E-state index in [0.29, 0.717) is 16.5 Å². The van der Waals surface area contributed by atoms with E-state index in [4.69, 9.17) is 21.1 Å². The van der Waals surface area contributed by atoms with E-state index < -0.39 is 11.6 Å². The smallest absolute Gasteiger partial charge is 0.278 e. The Morgan fingerprint density at radius 3 is 2.60 bits per heavy atom. The van der Waals surface area contributed by atoms with E-state index in [-0.39, 0.29) is 17.3 Å². The predicted octanol–water partition coefficient (Wildman–Crippen LogP) is 4.73. The van der Waals surface area contributed by atoms with Crippen molar-refractivity contribution < 1.29 is 18.3 Å². The fraction of sp³-hybridized carbons (Fsp3) is 0.368. The first-order valence-corrected chi connectivity index (χ1v) is 8.72. The molecule has 6 heteroatoms. The number of hydrogen-bond donors (Lipinski definition) is 1. The molecule has 0 amide bonds. The maximum atomic E-state index is 14.4. The topological polar surface area (TPSA) is 30.5 Å². The van der Waals surface area contributed by atoms with Gasteiger partial charge in [-0.2, -0.15) is 0 Å². The van der Waals surface area contributed by atoms with Gasteiger partial charge >= 0.3 is 0 Å². The molecule has 25 heavy (non-hydrogen) atoms. The molecule has 1 N–H and O–H groups in total. The number of nitrogens with one attached hydrogen (secondary N) is 1. The van der Waals surface area contributed by atoms with Gasteiger partial charge in [0, 0.05) is 23.6 Å². The van der Waals surface area contributed by atoms with Crippen LogP contribution in [0.15, 0.2) is 30.3 Å². The van der Waals surface area contributed by atoms with E-state index in [9.17, 15) is 8.78 Å². The predicted molar refractivity (Wildman–Crippen MR) is 91.3 cm³/mol. The standard InChI is InChI=1S/C19H18ClF2NO2/c1-19(15-3-2-12(20)8-16(15)22)24-17-10-13(21)9-14(18(17)25-19)11-4-6-23-7-5-11/h2-3,8-11,23H,4-7H2,1H3. The Balaban J connectivity index is 1.74. The molecule has 0 aromatic heterocycles. The van der Waals surface area contributed by atoms with Crippen molar-refractivity contribution in [2.75, 3.05) is 13.1 Å². The lowest BCUT2D eigenvalue weighted by molar-refractivity contribution is -0.0711. The summed E-state index contributed by atoms with van der Waals surface area (Å²) in [5, 5.41) is 3.59. The van der Waals surface area contributed by atoms with Gasteiger partial charge in [0.05, 0.1) is 5.56 Å². The highest BCUT2D eigenvalue weighted by atomic mass is 35.5. The van der Waals surface area contributed by atoms with E-state index in [2.05, 4.69) is 5.32 Å². The zero-order valence-corrected chi connectivity index (χ0v) is 14.5. The van der Waals surface area contributed by atoms with Gasteiger partial charge in [-0.25, -0.2) is 8.78 Å². The van der Waals surface area contributed by atoms with Crippen molar-refractivity contribution in [3.63, 3.8) is 0 Å². The number of benzene rings is 2. The second kappa shape index (κ2) is 6.15. The average Bonchev–Trinajstić information content (AvgIpc) is 2.91. The molecule has 2 aromatic rings. The number of hydrogen-bond acceptors (Lipinski definition) is 3. The Morgan fingerprint density at radius 2 is 1.88 bits per heavy atom. The number of fused-ring (bicyclic) bond motifs is 1. The number of ether oxygens (including phenoxy) is 2. The van der Waals surface area contributed by atoms with Crippen LogP contribution in [0.5, 0.6) is 11.5 Å². The van der Waals surface area contributed by atoms with Crippen molar-refractivity contribution in [3.8, 4) is 11.5 Å². The van der Waals surface area contributed by atoms with Crippen molar-refractivity contribution >= 4 is 11.6 Å². The van der Waals surface area contributed by atoms with E-state index >= 15 is 0 Å². The number of piperidine rings is 1. The second-order valence-corrected chi connectivity index (χ2v) is 7.06. The van der Waals surface area contributed by atoms with Crippen LogP contribution in [-0.4, -0.2) is 13.1 Å². The molecule has 2 aliphatic heterocycles. The summed E-state index contributed by atoms with van der Waals surface area (Å²) in [5.74, 6) is -1.25. The molecule has 1 unspecified atom stereocenters. The SMILES string of the molecule is CC1(c2ccc(Cl)cc2F)Oc2cc(F)cc(C3CCNCC3)c2O1. The van der Waals surface area contributed by atoms with Crippen molar-refractivity contribution in [2.45, 2.75) is 31.5 Å². The maximum Gasteiger partial charge on any atom is 0.278 e. The zero-order chi connectivity index (χ0) is 17.6. The van der Waals surface area contributed by atoms with Crippen molar-refractivity contribution in [3.05, 3.63) is 58.1 Å². The van der Waals surface area contributed by atoms with Crippen LogP contribution in [-0.2, 0) is 5.79 Å². The summed E-state index contributed by atoms with van der Waals surface area (Å²) in [6, 6.07) is 7.12. The third-order valence-electron chi connectivity index (χ3n) is 4.85. The van der Waals surface area contributed by atoms with E-state index in [1.165, 1.54) is 24.3 Å². The molecule has 3 nitrogen and oxygen atoms in total. The summed E-state index contributed by atoms with van der Waals surface area (Å²) >= 11 is 5.83. The average molecular weight is 366 g/mol. The van der Waals surface area contributed by atoms with Gasteiger partial charge in [-0.05, 0) is 56.1 Å². The molecule has 2 aromatic carbocycles. The van der Waals surface area contributed by atoms with Gasteiger partial charge in [-0.3, -0.25) is 0 Å². The molecule has 1 fully saturated rings. The molecule has 1 atom stereocenters. The lowest BCUT2D eigenvalue weighted by atomic mass is 9.89. The number of halogens is 3. The molecule has 0 aliphatic carbocycles. The first-order valence-electron chi connectivity index (χ1n) is 8.34. The Morgan fingerprint density at radius 1 is 1.12 bits per heavy atom. The van der Waals surface area contributed by atoms with Gasteiger partial charge in [0.1, 0.15) is 11.6 Å². The first-order chi connectivity index (χ1) is 12.0. The summed E-state index contributed by atoms with van der Waals surface area (Å²) in [5.41, 5.74) is 1.01. The third kappa shape index (κ3) is 2.96. The zero-order valence-electron chi connectivity index (χ0n) is 13.7. The van der Waals surface area contributed by atoms with E-state index in [1.54, 1.807) is 13.0 Å². The highest BCUT2D eigenvalue weighted by Crippen LogP contribution is 2.50. The Hall–Kier alpha value is -1.85. The summed E-state index contributed by atoms with van der Waals surface area (Å²) in [6.45, 7) is 3.38. The minimum absolute atomic E-state index is 0.187. The fourth-order valence-corrected chi connectivity index (χ4v) is 3.76. The van der Waals surface area contributed by atoms with Crippen LogP contribution in [0.1, 0.15) is 36.8 Å². The van der Waals surface area contributed by atoms with Crippen LogP contribution in [0.25, 0.3) is 0 Å². The van der Waals surface area contributed by atoms with Gasteiger partial charge in [0.15, 0.2) is 11.5 Å². The van der Waals surface area contributed by atoms with Gasteiger partial charge in [-0.15, -0.1) is 0 Å². The molecule has 2 aliphatic rings. The molecule has 0 radical (unpaired) electrons. The van der Waals surface area contributed by atoms with Crippen LogP contribution in [0.2, 0.25) is 5.02 Å². The minimum atomic E-state index is -1.35. The van der Waals surface area contributed by atoms with Gasteiger partial charge in [-0.1, -0.05) is 11.6 Å². The van der Waals surface area contributed by atoms with Crippen molar-refractivity contribution in [1.82, 2.24) is 5.32 Å². The molecule has 0 spiro atoms. The molecule has 0 bridgehead atoms. The molecule has 1 saturated heterocycles. The summed E-state index contributed by atoms with van der Waals surface area (Å²) in [4.78, 5) is 0. The summed E-state index contributed by atoms with van der Waals surface area (Å²) in [7, 11) is 0. The Bertz CT molecular complexity index is 823. The monoisotopic (exact) mass is 365 g/mol. The Labute approximate surface area is 149 Å². The van der Waals surface area contributed by atoms with Crippen molar-refractivity contribution in [2.24, 2.45) is 0 Å². The third-order valence-corrected chi connectivity index (χ3v) is 5.08. The van der Waals surface area contributed by atoms with Crippen LogP contribution in [0, 0.1) is 11.6 Å². The first kappa shape index (κ1) is 16.6. The van der Waals surface area contributed by atoms with Crippen molar-refractivity contribution in [1.29, 1.82) is 0 Å². The van der Waals surface area contributed by atoms with Crippen LogP contribution in [0.3, 0.4) is 0 Å². The lowest BCUT2D eigenvalue weighted by Crippen LogP contribution is -2.33. The molecule has 2 heterocycles. The number of rotatable bonds is 2. The van der Waals surface area contributed by atoms with Gasteiger partial charge < -0.3 is 14.8 Å². The minimum Gasteiger partial charge on any atom is -0.444 e. The van der Waals surface area contributed by atoms with Crippen LogP contribution < -0.4 is 14.8 Å². The highest BCUT2D eigenvalue weighted by Gasteiger charge is 2.43. The Kier molecular flexibility index (Phi) is 4.08. The molecule has 132 valence electrons. The van der Waals surface area contributed by atoms with Gasteiger partial charge in [0.25, 0.3) is 5.79 Å². The lowest BCUT2D eigenvalue weighted by Gasteiger charge is -2.26. The normalized spacial score (nSPS) is 23.0. The maximum absolute atomic E-state index is 14.4. The molecule has 4 rings (SSSR count). The van der Waals surface area contributed by atoms with Crippen LogP contribution in [0.4, 0.5) is 8.78 Å². The molecule has 0 saturated carbocycles. The van der Waals surface area contributed by atoms with E-state index in [1.807, 2.05) is 0 Å².